The van der Waals surface area contributed by atoms with Gasteiger partial charge >= 0.3 is 6.09 Å². The van der Waals surface area contributed by atoms with E-state index >= 15 is 0 Å². The van der Waals surface area contributed by atoms with Crippen LogP contribution in [0.2, 0.25) is 0 Å². The number of benzene rings is 1. The maximum Gasteiger partial charge on any atom is 0.414 e. The minimum atomic E-state index is -0.538. The third kappa shape index (κ3) is 3.86. The van der Waals surface area contributed by atoms with Crippen molar-refractivity contribution in [2.45, 2.75) is 52.1 Å². The number of rotatable bonds is 2. The number of anilines is 1. The van der Waals surface area contributed by atoms with Gasteiger partial charge in [-0.05, 0) is 70.9 Å². The molecule has 7 heteroatoms. The molecule has 0 aliphatic carbocycles. The zero-order valence-corrected chi connectivity index (χ0v) is 17.7. The number of carbonyl (C=O) groups excluding carboxylic acids is 1. The van der Waals surface area contributed by atoms with Gasteiger partial charge in [0.05, 0.1) is 45.7 Å². The number of imidazole rings is 1. The molecule has 7 nitrogen and oxygen atoms in total. The van der Waals surface area contributed by atoms with Gasteiger partial charge in [0.1, 0.15) is 11.4 Å². The topological polar surface area (TPSA) is 94.9 Å². The van der Waals surface area contributed by atoms with Gasteiger partial charge in [-0.2, -0.15) is 5.26 Å². The van der Waals surface area contributed by atoms with Gasteiger partial charge in [-0.3, -0.25) is 9.88 Å². The Morgan fingerprint density at radius 2 is 2.07 bits per heavy atom. The lowest BCUT2D eigenvalue weighted by Gasteiger charge is -2.31. The molecule has 2 aromatic heterocycles. The van der Waals surface area contributed by atoms with Crippen LogP contribution in [0.15, 0.2) is 30.3 Å². The van der Waals surface area contributed by atoms with E-state index in [1.165, 1.54) is 0 Å². The lowest BCUT2D eigenvalue weighted by Crippen LogP contribution is -2.40. The van der Waals surface area contributed by atoms with Crippen molar-refractivity contribution in [1.82, 2.24) is 15.0 Å². The van der Waals surface area contributed by atoms with Crippen molar-refractivity contribution in [3.8, 4) is 6.07 Å². The van der Waals surface area contributed by atoms with Crippen LogP contribution in [0.5, 0.6) is 0 Å². The normalized spacial score (nSPS) is 14.8. The highest BCUT2D eigenvalue weighted by atomic mass is 16.6. The predicted octanol–water partition coefficient (Wildman–Crippen LogP) is 4.67. The van der Waals surface area contributed by atoms with E-state index in [9.17, 15) is 4.79 Å². The van der Waals surface area contributed by atoms with Crippen LogP contribution < -0.4 is 4.90 Å². The summed E-state index contributed by atoms with van der Waals surface area (Å²) in [7, 11) is 0. The molecule has 1 N–H and O–H groups in total. The quantitative estimate of drug-likeness (QED) is 0.671. The first-order chi connectivity index (χ1) is 14.2. The molecule has 1 aromatic carbocycles. The van der Waals surface area contributed by atoms with Gasteiger partial charge in [0.2, 0.25) is 0 Å². The minimum Gasteiger partial charge on any atom is -0.443 e. The monoisotopic (exact) mass is 403 g/mol. The number of fused-ring (bicyclic) bond motifs is 2. The first kappa shape index (κ1) is 19.9. The second kappa shape index (κ2) is 7.45. The van der Waals surface area contributed by atoms with Crippen LogP contribution in [0.25, 0.3) is 11.0 Å². The number of aromatic amines is 1. The molecule has 0 radical (unpaired) electrons. The van der Waals surface area contributed by atoms with Crippen molar-refractivity contribution in [1.29, 1.82) is 5.26 Å². The number of ether oxygens (including phenoxy) is 1. The molecule has 3 heterocycles. The van der Waals surface area contributed by atoms with Crippen molar-refractivity contribution in [2.75, 3.05) is 11.4 Å². The largest absolute Gasteiger partial charge is 0.443 e. The smallest absolute Gasteiger partial charge is 0.414 e. The number of nitrogens with one attached hydrogen (secondary N) is 1. The lowest BCUT2D eigenvalue weighted by atomic mass is 10.0. The Morgan fingerprint density at radius 3 is 2.80 bits per heavy atom. The summed E-state index contributed by atoms with van der Waals surface area (Å²) >= 11 is 0. The Kier molecular flexibility index (Phi) is 4.94. The molecule has 3 aromatic rings. The molecule has 1 unspecified atom stereocenters. The number of amides is 1. The van der Waals surface area contributed by atoms with E-state index in [0.717, 1.165) is 46.8 Å². The minimum absolute atomic E-state index is 0.0508. The fourth-order valence-corrected chi connectivity index (χ4v) is 3.66. The standard InChI is InChI=1S/C23H25N5O2/c1-14(21-26-17-8-7-15(13-24)12-19(17)27-21)16-9-10-20-18(25-16)6-5-11-28(20)22(29)30-23(2,3)4/h7-10,12,14H,5-6,11H2,1-4H3,(H,26,27). The number of nitriles is 1. The Morgan fingerprint density at radius 1 is 1.27 bits per heavy atom. The summed E-state index contributed by atoms with van der Waals surface area (Å²) in [6.07, 6.45) is 1.33. The summed E-state index contributed by atoms with van der Waals surface area (Å²) in [5.41, 5.74) is 4.33. The van der Waals surface area contributed by atoms with E-state index in [2.05, 4.69) is 16.0 Å². The lowest BCUT2D eigenvalue weighted by molar-refractivity contribution is 0.0577. The first-order valence-electron chi connectivity index (χ1n) is 10.2. The van der Waals surface area contributed by atoms with Gasteiger partial charge in [0.15, 0.2) is 0 Å². The molecule has 30 heavy (non-hydrogen) atoms. The van der Waals surface area contributed by atoms with E-state index in [4.69, 9.17) is 15.0 Å². The van der Waals surface area contributed by atoms with Crippen LogP contribution in [-0.4, -0.2) is 33.2 Å². The third-order valence-electron chi connectivity index (χ3n) is 5.15. The van der Waals surface area contributed by atoms with Gasteiger partial charge < -0.3 is 9.72 Å². The fraction of sp³-hybridized carbons (Fsp3) is 0.391. The van der Waals surface area contributed by atoms with Gasteiger partial charge in [-0.1, -0.05) is 0 Å². The highest BCUT2D eigenvalue weighted by molar-refractivity contribution is 5.89. The summed E-state index contributed by atoms with van der Waals surface area (Å²) in [6.45, 7) is 8.28. The van der Waals surface area contributed by atoms with Crippen molar-refractivity contribution < 1.29 is 9.53 Å². The van der Waals surface area contributed by atoms with Crippen LogP contribution >= 0.6 is 0 Å². The number of hydrogen-bond donors (Lipinski definition) is 1. The number of hydrogen-bond acceptors (Lipinski definition) is 5. The number of carbonyl (C=O) groups is 1. The first-order valence-corrected chi connectivity index (χ1v) is 10.2. The van der Waals surface area contributed by atoms with Crippen molar-refractivity contribution in [2.24, 2.45) is 0 Å². The second-order valence-electron chi connectivity index (χ2n) is 8.62. The summed E-state index contributed by atoms with van der Waals surface area (Å²) < 4.78 is 5.55. The van der Waals surface area contributed by atoms with E-state index in [1.54, 1.807) is 17.0 Å². The van der Waals surface area contributed by atoms with Gasteiger partial charge in [0, 0.05) is 6.54 Å². The molecule has 1 aliphatic rings. The van der Waals surface area contributed by atoms with Crippen LogP contribution in [-0.2, 0) is 11.2 Å². The Hall–Kier alpha value is -3.40. The highest BCUT2D eigenvalue weighted by Gasteiger charge is 2.28. The molecule has 0 bridgehead atoms. The van der Waals surface area contributed by atoms with Crippen molar-refractivity contribution >= 4 is 22.8 Å². The zero-order valence-electron chi connectivity index (χ0n) is 17.7. The predicted molar refractivity (Wildman–Crippen MR) is 114 cm³/mol. The van der Waals surface area contributed by atoms with E-state index < -0.39 is 5.60 Å². The van der Waals surface area contributed by atoms with Crippen molar-refractivity contribution in [3.63, 3.8) is 0 Å². The molecule has 0 spiro atoms. The number of H-pyrrole nitrogens is 1. The number of nitrogens with zero attached hydrogens (tertiary/aromatic N) is 4. The second-order valence-corrected chi connectivity index (χ2v) is 8.62. The number of aromatic nitrogens is 3. The average Bonchev–Trinajstić information content (AvgIpc) is 3.14. The highest BCUT2D eigenvalue weighted by Crippen LogP contribution is 2.31. The molecule has 0 saturated carbocycles. The van der Waals surface area contributed by atoms with Crippen molar-refractivity contribution in [3.05, 3.63) is 53.1 Å². The summed E-state index contributed by atoms with van der Waals surface area (Å²) in [4.78, 5) is 27.1. The number of pyridine rings is 1. The fourth-order valence-electron chi connectivity index (χ4n) is 3.66. The number of aryl methyl sites for hydroxylation is 1. The summed E-state index contributed by atoms with van der Waals surface area (Å²) in [5.74, 6) is 0.748. The van der Waals surface area contributed by atoms with Crippen LogP contribution in [0.3, 0.4) is 0 Å². The maximum atomic E-state index is 12.6. The summed E-state index contributed by atoms with van der Waals surface area (Å²) in [5, 5.41) is 9.10. The molecule has 154 valence electrons. The van der Waals surface area contributed by atoms with E-state index in [1.807, 2.05) is 45.9 Å². The van der Waals surface area contributed by atoms with Crippen LogP contribution in [0.1, 0.15) is 62.8 Å². The van der Waals surface area contributed by atoms with Gasteiger partial charge in [0.25, 0.3) is 0 Å². The third-order valence-corrected chi connectivity index (χ3v) is 5.15. The van der Waals surface area contributed by atoms with Gasteiger partial charge in [-0.15, -0.1) is 0 Å². The van der Waals surface area contributed by atoms with E-state index in [-0.39, 0.29) is 12.0 Å². The summed E-state index contributed by atoms with van der Waals surface area (Å²) in [6, 6.07) is 11.5. The molecule has 4 rings (SSSR count). The molecule has 0 saturated heterocycles. The SMILES string of the molecule is CC(c1ccc2c(n1)CCCN2C(=O)OC(C)(C)C)c1nc2ccc(C#N)cc2[nH]1. The molecular weight excluding hydrogens is 378 g/mol. The Labute approximate surface area is 175 Å². The Balaban J connectivity index is 1.62. The molecule has 1 atom stereocenters. The van der Waals surface area contributed by atoms with Crippen LogP contribution in [0.4, 0.5) is 10.5 Å². The Bertz CT molecular complexity index is 1150. The van der Waals surface area contributed by atoms with E-state index in [0.29, 0.717) is 12.1 Å². The average molecular weight is 403 g/mol. The van der Waals surface area contributed by atoms with Crippen LogP contribution in [0, 0.1) is 11.3 Å². The zero-order chi connectivity index (χ0) is 21.5. The molecule has 1 amide bonds. The molecule has 0 fully saturated rings. The maximum absolute atomic E-state index is 12.6. The molecule has 1 aliphatic heterocycles. The molecular formula is C23H25N5O2. The van der Waals surface area contributed by atoms with Gasteiger partial charge in [-0.25, -0.2) is 9.78 Å².